The Morgan fingerprint density at radius 2 is 1.88 bits per heavy atom. The van der Waals surface area contributed by atoms with Gasteiger partial charge in [0.25, 0.3) is 0 Å². The molecule has 1 rings (SSSR count). The lowest BCUT2D eigenvalue weighted by atomic mass is 10.3. The van der Waals surface area contributed by atoms with Crippen molar-refractivity contribution in [3.05, 3.63) is 24.3 Å². The fraction of sp³-hybridized carbons (Fsp3) is 0.455. The van der Waals surface area contributed by atoms with Gasteiger partial charge in [0, 0.05) is 12.6 Å². The molecular formula is C11H18N2O3S. The Bertz CT molecular complexity index is 440. The summed E-state index contributed by atoms with van der Waals surface area (Å²) in [6, 6.07) is 6.47. The molecule has 0 aliphatic rings. The van der Waals surface area contributed by atoms with Crippen molar-refractivity contribution in [3.8, 4) is 5.75 Å². The summed E-state index contributed by atoms with van der Waals surface area (Å²) in [5.74, 6) is 0.628. The number of hydrogen-bond acceptors (Lipinski definition) is 4. The molecule has 0 aliphatic heterocycles. The second-order valence-corrected chi connectivity index (χ2v) is 5.54. The zero-order valence-electron chi connectivity index (χ0n) is 10.0. The summed E-state index contributed by atoms with van der Waals surface area (Å²) in [6.45, 7) is 5.39. The van der Waals surface area contributed by atoms with E-state index in [2.05, 4.69) is 19.2 Å². The maximum absolute atomic E-state index is 11.0. The normalized spacial score (nSPS) is 11.8. The third kappa shape index (κ3) is 5.16. The van der Waals surface area contributed by atoms with Crippen LogP contribution < -0.4 is 15.2 Å². The van der Waals surface area contributed by atoms with Gasteiger partial charge in [-0.1, -0.05) is 13.8 Å². The zero-order chi connectivity index (χ0) is 12.9. The Morgan fingerprint density at radius 1 is 1.29 bits per heavy atom. The van der Waals surface area contributed by atoms with E-state index in [4.69, 9.17) is 9.88 Å². The maximum Gasteiger partial charge on any atom is 0.238 e. The predicted octanol–water partition coefficient (Wildman–Crippen LogP) is 0.711. The van der Waals surface area contributed by atoms with Crippen LogP contribution >= 0.6 is 0 Å². The van der Waals surface area contributed by atoms with E-state index >= 15 is 0 Å². The van der Waals surface area contributed by atoms with Crippen molar-refractivity contribution in [2.75, 3.05) is 13.2 Å². The Morgan fingerprint density at radius 3 is 2.35 bits per heavy atom. The average Bonchev–Trinajstić information content (AvgIpc) is 2.23. The van der Waals surface area contributed by atoms with E-state index in [0.29, 0.717) is 18.4 Å². The highest BCUT2D eigenvalue weighted by Gasteiger charge is 2.06. The SMILES string of the molecule is CC(C)NCCOc1ccc(S(N)(=O)=O)cc1. The Kier molecular flexibility index (Phi) is 4.92. The molecule has 1 aromatic rings. The Balaban J connectivity index is 2.46. The van der Waals surface area contributed by atoms with E-state index in [-0.39, 0.29) is 4.90 Å². The van der Waals surface area contributed by atoms with Gasteiger partial charge in [-0.15, -0.1) is 0 Å². The van der Waals surface area contributed by atoms with E-state index in [1.165, 1.54) is 12.1 Å². The maximum atomic E-state index is 11.0. The van der Waals surface area contributed by atoms with Crippen LogP contribution in [-0.4, -0.2) is 27.6 Å². The molecule has 5 nitrogen and oxygen atoms in total. The van der Waals surface area contributed by atoms with Crippen LogP contribution in [0.2, 0.25) is 0 Å². The van der Waals surface area contributed by atoms with Crippen LogP contribution in [-0.2, 0) is 10.0 Å². The van der Waals surface area contributed by atoms with Crippen LogP contribution in [0.25, 0.3) is 0 Å². The molecule has 0 heterocycles. The lowest BCUT2D eigenvalue weighted by molar-refractivity contribution is 0.308. The molecule has 3 N–H and O–H groups in total. The third-order valence-electron chi connectivity index (χ3n) is 2.08. The Hall–Kier alpha value is -1.11. The van der Waals surface area contributed by atoms with Gasteiger partial charge in [0.2, 0.25) is 10.0 Å². The standard InChI is InChI=1S/C11H18N2O3S/c1-9(2)13-7-8-16-10-3-5-11(6-4-10)17(12,14)15/h3-6,9,13H,7-8H2,1-2H3,(H2,12,14,15). The summed E-state index contributed by atoms with van der Waals surface area (Å²) >= 11 is 0. The first-order valence-corrected chi connectivity index (χ1v) is 6.93. The molecular weight excluding hydrogens is 240 g/mol. The second kappa shape index (κ2) is 6.00. The van der Waals surface area contributed by atoms with E-state index < -0.39 is 10.0 Å². The van der Waals surface area contributed by atoms with Crippen molar-refractivity contribution in [2.24, 2.45) is 5.14 Å². The van der Waals surface area contributed by atoms with Gasteiger partial charge in [-0.05, 0) is 24.3 Å². The van der Waals surface area contributed by atoms with E-state index in [1.54, 1.807) is 12.1 Å². The van der Waals surface area contributed by atoms with Gasteiger partial charge in [-0.3, -0.25) is 0 Å². The van der Waals surface area contributed by atoms with Crippen molar-refractivity contribution in [3.63, 3.8) is 0 Å². The quantitative estimate of drug-likeness (QED) is 0.736. The van der Waals surface area contributed by atoms with Crippen molar-refractivity contribution in [1.29, 1.82) is 0 Å². The van der Waals surface area contributed by atoms with Gasteiger partial charge in [0.05, 0.1) is 4.90 Å². The largest absolute Gasteiger partial charge is 0.492 e. The molecule has 0 saturated heterocycles. The lowest BCUT2D eigenvalue weighted by Crippen LogP contribution is -2.27. The zero-order valence-corrected chi connectivity index (χ0v) is 10.8. The molecule has 0 amide bonds. The molecule has 0 fully saturated rings. The van der Waals surface area contributed by atoms with Gasteiger partial charge >= 0.3 is 0 Å². The summed E-state index contributed by atoms with van der Waals surface area (Å²) < 4.78 is 27.4. The first-order chi connectivity index (χ1) is 7.89. The number of hydrogen-bond donors (Lipinski definition) is 2. The number of benzene rings is 1. The number of nitrogens with two attached hydrogens (primary N) is 1. The monoisotopic (exact) mass is 258 g/mol. The third-order valence-corrected chi connectivity index (χ3v) is 3.00. The van der Waals surface area contributed by atoms with Gasteiger partial charge in [0.15, 0.2) is 0 Å². The minimum atomic E-state index is -3.62. The van der Waals surface area contributed by atoms with E-state index in [0.717, 1.165) is 6.54 Å². The molecule has 0 radical (unpaired) electrons. The van der Waals surface area contributed by atoms with Crippen molar-refractivity contribution in [2.45, 2.75) is 24.8 Å². The fourth-order valence-corrected chi connectivity index (χ4v) is 1.76. The molecule has 0 aromatic heterocycles. The van der Waals surface area contributed by atoms with Gasteiger partial charge in [-0.2, -0.15) is 0 Å². The molecule has 6 heteroatoms. The van der Waals surface area contributed by atoms with Crippen LogP contribution in [0.1, 0.15) is 13.8 Å². The van der Waals surface area contributed by atoms with Crippen LogP contribution in [0.3, 0.4) is 0 Å². The van der Waals surface area contributed by atoms with Gasteiger partial charge in [0.1, 0.15) is 12.4 Å². The van der Waals surface area contributed by atoms with Crippen LogP contribution in [0.15, 0.2) is 29.2 Å². The summed E-state index contributed by atoms with van der Waals surface area (Å²) in [5, 5.41) is 8.19. The number of nitrogens with one attached hydrogen (secondary N) is 1. The van der Waals surface area contributed by atoms with E-state index in [1.807, 2.05) is 0 Å². The number of ether oxygens (including phenoxy) is 1. The highest BCUT2D eigenvalue weighted by molar-refractivity contribution is 7.89. The topological polar surface area (TPSA) is 81.4 Å². The Labute approximate surface area is 102 Å². The van der Waals surface area contributed by atoms with Crippen molar-refractivity contribution >= 4 is 10.0 Å². The molecule has 0 spiro atoms. The minimum absolute atomic E-state index is 0.0881. The molecule has 0 unspecified atom stereocenters. The lowest BCUT2D eigenvalue weighted by Gasteiger charge is -2.09. The molecule has 1 aromatic carbocycles. The first-order valence-electron chi connectivity index (χ1n) is 5.38. The van der Waals surface area contributed by atoms with Crippen molar-refractivity contribution in [1.82, 2.24) is 5.32 Å². The molecule has 17 heavy (non-hydrogen) atoms. The first kappa shape index (κ1) is 14.0. The molecule has 0 saturated carbocycles. The smallest absolute Gasteiger partial charge is 0.238 e. The summed E-state index contributed by atoms with van der Waals surface area (Å²) in [4.78, 5) is 0.0881. The van der Waals surface area contributed by atoms with Crippen LogP contribution in [0.5, 0.6) is 5.75 Å². The second-order valence-electron chi connectivity index (χ2n) is 3.97. The van der Waals surface area contributed by atoms with E-state index in [9.17, 15) is 8.42 Å². The highest BCUT2D eigenvalue weighted by Crippen LogP contribution is 2.14. The number of sulfonamides is 1. The van der Waals surface area contributed by atoms with Crippen molar-refractivity contribution < 1.29 is 13.2 Å². The van der Waals surface area contributed by atoms with Gasteiger partial charge < -0.3 is 10.1 Å². The summed E-state index contributed by atoms with van der Waals surface area (Å²) in [7, 11) is -3.62. The van der Waals surface area contributed by atoms with Crippen LogP contribution in [0.4, 0.5) is 0 Å². The predicted molar refractivity (Wildman–Crippen MR) is 66.4 cm³/mol. The number of primary sulfonamides is 1. The van der Waals surface area contributed by atoms with Gasteiger partial charge in [-0.25, -0.2) is 13.6 Å². The molecule has 0 aliphatic carbocycles. The minimum Gasteiger partial charge on any atom is -0.492 e. The molecule has 96 valence electrons. The highest BCUT2D eigenvalue weighted by atomic mass is 32.2. The fourth-order valence-electron chi connectivity index (χ4n) is 1.24. The molecule has 0 atom stereocenters. The summed E-state index contributed by atoms with van der Waals surface area (Å²) in [6.07, 6.45) is 0. The number of rotatable bonds is 6. The summed E-state index contributed by atoms with van der Waals surface area (Å²) in [5.41, 5.74) is 0. The molecule has 0 bridgehead atoms. The van der Waals surface area contributed by atoms with Crippen LogP contribution in [0, 0.1) is 0 Å². The average molecular weight is 258 g/mol.